The molecule has 1 aromatic rings. The van der Waals surface area contributed by atoms with Crippen molar-refractivity contribution in [1.29, 1.82) is 0 Å². The Hall–Kier alpha value is -1.75. The first-order valence-corrected chi connectivity index (χ1v) is 6.12. The summed E-state index contributed by atoms with van der Waals surface area (Å²) in [6, 6.07) is 7.30. The number of carbonyl (C=O) groups is 1. The van der Waals surface area contributed by atoms with Gasteiger partial charge in [0, 0.05) is 24.2 Å². The van der Waals surface area contributed by atoms with Crippen LogP contribution in [0.4, 0.5) is 16.2 Å². The highest BCUT2D eigenvalue weighted by Gasteiger charge is 2.46. The fourth-order valence-corrected chi connectivity index (χ4v) is 2.52. The van der Waals surface area contributed by atoms with Gasteiger partial charge in [-0.15, -0.1) is 0 Å². The Morgan fingerprint density at radius 3 is 2.78 bits per heavy atom. The molecule has 2 aliphatic heterocycles. The van der Waals surface area contributed by atoms with Gasteiger partial charge in [-0.1, -0.05) is 6.07 Å². The normalized spacial score (nSPS) is 22.2. The molecule has 2 aliphatic rings. The summed E-state index contributed by atoms with van der Waals surface area (Å²) < 4.78 is 10.9. The quantitative estimate of drug-likeness (QED) is 0.769. The van der Waals surface area contributed by atoms with Crippen molar-refractivity contribution < 1.29 is 14.3 Å². The van der Waals surface area contributed by atoms with Crippen molar-refractivity contribution in [1.82, 2.24) is 0 Å². The zero-order valence-corrected chi connectivity index (χ0v) is 10.1. The fraction of sp³-hybridized carbons (Fsp3) is 0.462. The molecule has 0 saturated carbocycles. The summed E-state index contributed by atoms with van der Waals surface area (Å²) in [5, 5.41) is 0. The lowest BCUT2D eigenvalue weighted by atomic mass is 9.94. The number of carbonyl (C=O) groups excluding carboxylic acids is 1. The Balaban J connectivity index is 1.84. The summed E-state index contributed by atoms with van der Waals surface area (Å²) in [6.45, 7) is 1.88. The first-order chi connectivity index (χ1) is 8.69. The van der Waals surface area contributed by atoms with Crippen LogP contribution in [0.5, 0.6) is 0 Å². The van der Waals surface area contributed by atoms with Crippen LogP contribution in [0.1, 0.15) is 12.8 Å². The van der Waals surface area contributed by atoms with E-state index in [2.05, 4.69) is 0 Å². The highest BCUT2D eigenvalue weighted by Crippen LogP contribution is 2.35. The third kappa shape index (κ3) is 1.90. The number of hydrogen-bond acceptors (Lipinski definition) is 4. The number of benzene rings is 1. The van der Waals surface area contributed by atoms with Crippen molar-refractivity contribution in [3.8, 4) is 0 Å². The zero-order chi connectivity index (χ0) is 12.6. The Kier molecular flexibility index (Phi) is 2.63. The lowest BCUT2D eigenvalue weighted by Gasteiger charge is -2.30. The van der Waals surface area contributed by atoms with Crippen LogP contribution in [0.15, 0.2) is 24.3 Å². The lowest BCUT2D eigenvalue weighted by molar-refractivity contribution is -0.0431. The summed E-state index contributed by atoms with van der Waals surface area (Å²) in [5.41, 5.74) is 6.81. The maximum Gasteiger partial charge on any atom is 0.415 e. The molecule has 2 fully saturated rings. The monoisotopic (exact) mass is 248 g/mol. The van der Waals surface area contributed by atoms with Crippen LogP contribution in [-0.4, -0.2) is 31.5 Å². The molecule has 2 N–H and O–H groups in total. The molecule has 18 heavy (non-hydrogen) atoms. The number of nitrogens with zero attached hydrogens (tertiary/aromatic N) is 1. The lowest BCUT2D eigenvalue weighted by Crippen LogP contribution is -2.40. The molecule has 1 spiro atoms. The average Bonchev–Trinajstić information content (AvgIpc) is 2.67. The molecule has 2 saturated heterocycles. The van der Waals surface area contributed by atoms with Crippen LogP contribution in [0.2, 0.25) is 0 Å². The Labute approximate surface area is 105 Å². The molecule has 0 unspecified atom stereocenters. The first kappa shape index (κ1) is 11.3. The van der Waals surface area contributed by atoms with Gasteiger partial charge in [-0.05, 0) is 18.2 Å². The first-order valence-electron chi connectivity index (χ1n) is 6.12. The second-order valence-corrected chi connectivity index (χ2v) is 4.84. The predicted octanol–water partition coefficient (Wildman–Crippen LogP) is 1.77. The number of amides is 1. The Morgan fingerprint density at radius 2 is 2.06 bits per heavy atom. The second kappa shape index (κ2) is 4.17. The topological polar surface area (TPSA) is 64.8 Å². The predicted molar refractivity (Wildman–Crippen MR) is 67.5 cm³/mol. The minimum Gasteiger partial charge on any atom is -0.440 e. The highest BCUT2D eigenvalue weighted by molar-refractivity contribution is 5.90. The molecule has 5 nitrogen and oxygen atoms in total. The number of nitrogens with two attached hydrogens (primary N) is 1. The van der Waals surface area contributed by atoms with Gasteiger partial charge in [0.2, 0.25) is 0 Å². The molecule has 1 aromatic carbocycles. The zero-order valence-electron chi connectivity index (χ0n) is 10.1. The van der Waals surface area contributed by atoms with E-state index in [1.165, 1.54) is 0 Å². The summed E-state index contributed by atoms with van der Waals surface area (Å²) in [6.07, 6.45) is 1.23. The fourth-order valence-electron chi connectivity index (χ4n) is 2.52. The number of hydrogen-bond donors (Lipinski definition) is 1. The van der Waals surface area contributed by atoms with Gasteiger partial charge in [-0.3, -0.25) is 4.90 Å². The Bertz CT molecular complexity index is 469. The van der Waals surface area contributed by atoms with Crippen molar-refractivity contribution in [2.45, 2.75) is 18.4 Å². The third-order valence-electron chi connectivity index (χ3n) is 3.56. The standard InChI is InChI=1S/C13H16N2O3/c14-10-2-1-3-11(8-10)15-9-13(18-12(15)16)4-6-17-7-5-13/h1-3,8H,4-7,9,14H2. The Morgan fingerprint density at radius 1 is 1.28 bits per heavy atom. The van der Waals surface area contributed by atoms with E-state index in [-0.39, 0.29) is 11.7 Å². The SMILES string of the molecule is Nc1cccc(N2CC3(CCOCC3)OC2=O)c1. The van der Waals surface area contributed by atoms with Gasteiger partial charge < -0.3 is 15.2 Å². The molecule has 0 atom stereocenters. The molecule has 0 bridgehead atoms. The smallest absolute Gasteiger partial charge is 0.415 e. The summed E-state index contributed by atoms with van der Waals surface area (Å²) in [4.78, 5) is 13.6. The number of nitrogen functional groups attached to an aromatic ring is 1. The van der Waals surface area contributed by atoms with Crippen LogP contribution < -0.4 is 10.6 Å². The van der Waals surface area contributed by atoms with E-state index in [0.29, 0.717) is 25.4 Å². The van der Waals surface area contributed by atoms with Gasteiger partial charge in [0.05, 0.1) is 19.8 Å². The van der Waals surface area contributed by atoms with E-state index in [9.17, 15) is 4.79 Å². The number of ether oxygens (including phenoxy) is 2. The third-order valence-corrected chi connectivity index (χ3v) is 3.56. The van der Waals surface area contributed by atoms with E-state index in [4.69, 9.17) is 15.2 Å². The molecule has 0 aliphatic carbocycles. The maximum absolute atomic E-state index is 12.0. The maximum atomic E-state index is 12.0. The van der Waals surface area contributed by atoms with Gasteiger partial charge in [-0.2, -0.15) is 0 Å². The summed E-state index contributed by atoms with van der Waals surface area (Å²) in [5.74, 6) is 0. The minimum absolute atomic E-state index is 0.289. The molecule has 3 rings (SSSR count). The molecule has 1 amide bonds. The van der Waals surface area contributed by atoms with E-state index in [0.717, 1.165) is 18.5 Å². The molecule has 0 aromatic heterocycles. The van der Waals surface area contributed by atoms with Crippen molar-refractivity contribution in [2.24, 2.45) is 0 Å². The van der Waals surface area contributed by atoms with E-state index < -0.39 is 0 Å². The molecular weight excluding hydrogens is 232 g/mol. The average molecular weight is 248 g/mol. The largest absolute Gasteiger partial charge is 0.440 e. The van der Waals surface area contributed by atoms with Crippen LogP contribution in [-0.2, 0) is 9.47 Å². The number of anilines is 2. The summed E-state index contributed by atoms with van der Waals surface area (Å²) in [7, 11) is 0. The van der Waals surface area contributed by atoms with E-state index >= 15 is 0 Å². The van der Waals surface area contributed by atoms with Crippen LogP contribution >= 0.6 is 0 Å². The van der Waals surface area contributed by atoms with Gasteiger partial charge in [0.25, 0.3) is 0 Å². The molecule has 2 heterocycles. The van der Waals surface area contributed by atoms with Crippen molar-refractivity contribution >= 4 is 17.5 Å². The molecular formula is C13H16N2O3. The number of rotatable bonds is 1. The van der Waals surface area contributed by atoms with Crippen molar-refractivity contribution in [3.05, 3.63) is 24.3 Å². The van der Waals surface area contributed by atoms with Crippen LogP contribution in [0, 0.1) is 0 Å². The molecule has 96 valence electrons. The van der Waals surface area contributed by atoms with Gasteiger partial charge >= 0.3 is 6.09 Å². The van der Waals surface area contributed by atoms with Gasteiger partial charge in [-0.25, -0.2) is 4.79 Å². The van der Waals surface area contributed by atoms with Gasteiger partial charge in [0.15, 0.2) is 0 Å². The highest BCUT2D eigenvalue weighted by atomic mass is 16.6. The van der Waals surface area contributed by atoms with E-state index in [1.54, 1.807) is 17.0 Å². The summed E-state index contributed by atoms with van der Waals surface area (Å²) >= 11 is 0. The van der Waals surface area contributed by atoms with Crippen LogP contribution in [0.3, 0.4) is 0 Å². The van der Waals surface area contributed by atoms with Crippen molar-refractivity contribution in [3.63, 3.8) is 0 Å². The second-order valence-electron chi connectivity index (χ2n) is 4.84. The molecule has 5 heteroatoms. The molecule has 0 radical (unpaired) electrons. The van der Waals surface area contributed by atoms with Crippen molar-refractivity contribution in [2.75, 3.05) is 30.4 Å². The minimum atomic E-state index is -0.375. The van der Waals surface area contributed by atoms with Crippen LogP contribution in [0.25, 0.3) is 0 Å². The van der Waals surface area contributed by atoms with E-state index in [1.807, 2.05) is 12.1 Å². The van der Waals surface area contributed by atoms with Gasteiger partial charge in [0.1, 0.15) is 5.60 Å².